The summed E-state index contributed by atoms with van der Waals surface area (Å²) in [5.74, 6) is 0.0708. The minimum absolute atomic E-state index is 0.0708. The molecule has 25 heavy (non-hydrogen) atoms. The minimum Gasteiger partial charge on any atom is -0.448 e. The van der Waals surface area contributed by atoms with Crippen LogP contribution in [-0.2, 0) is 4.74 Å². The summed E-state index contributed by atoms with van der Waals surface area (Å²) < 4.78 is 5.55. The third kappa shape index (κ3) is 3.01. The highest BCUT2D eigenvalue weighted by atomic mass is 16.6. The molecule has 124 valence electrons. The molecule has 1 saturated heterocycles. The van der Waals surface area contributed by atoms with Crippen molar-refractivity contribution in [2.75, 3.05) is 11.5 Å². The van der Waals surface area contributed by atoms with Gasteiger partial charge in [0, 0.05) is 11.6 Å². The number of benzene rings is 3. The highest BCUT2D eigenvalue weighted by molar-refractivity contribution is 5.89. The lowest BCUT2D eigenvalue weighted by molar-refractivity contribution is 0.117. The number of carbonyl (C=O) groups excluding carboxylic acids is 1. The molecule has 1 aliphatic rings. The molecule has 0 saturated carbocycles. The first-order valence-electron chi connectivity index (χ1n) is 8.45. The van der Waals surface area contributed by atoms with Gasteiger partial charge in [0.15, 0.2) is 0 Å². The molecule has 4 rings (SSSR count). The summed E-state index contributed by atoms with van der Waals surface area (Å²) in [4.78, 5) is 14.4. The molecule has 0 N–H and O–H groups in total. The summed E-state index contributed by atoms with van der Waals surface area (Å²) in [6, 6.07) is 30.1. The number of nitrogens with zero attached hydrogens (tertiary/aromatic N) is 1. The quantitative estimate of drug-likeness (QED) is 0.663. The van der Waals surface area contributed by atoms with Gasteiger partial charge in [0.25, 0.3) is 0 Å². The van der Waals surface area contributed by atoms with Crippen molar-refractivity contribution >= 4 is 11.8 Å². The average Bonchev–Trinajstić information content (AvgIpc) is 2.70. The van der Waals surface area contributed by atoms with Gasteiger partial charge in [0.2, 0.25) is 0 Å². The van der Waals surface area contributed by atoms with E-state index in [1.54, 1.807) is 4.90 Å². The molecule has 3 heteroatoms. The topological polar surface area (TPSA) is 29.5 Å². The van der Waals surface area contributed by atoms with Crippen LogP contribution in [0.3, 0.4) is 0 Å². The van der Waals surface area contributed by atoms with E-state index in [-0.39, 0.29) is 18.1 Å². The Hall–Kier alpha value is -3.07. The highest BCUT2D eigenvalue weighted by Crippen LogP contribution is 2.42. The van der Waals surface area contributed by atoms with Gasteiger partial charge in [-0.05, 0) is 23.3 Å². The number of hydrogen-bond donors (Lipinski definition) is 0. The van der Waals surface area contributed by atoms with Crippen molar-refractivity contribution in [2.45, 2.75) is 12.0 Å². The molecule has 3 aromatic rings. The second kappa shape index (κ2) is 6.81. The molecule has 1 aliphatic heterocycles. The number of amides is 1. The van der Waals surface area contributed by atoms with Crippen LogP contribution in [0.1, 0.15) is 23.1 Å². The first-order valence-corrected chi connectivity index (χ1v) is 8.45. The monoisotopic (exact) mass is 329 g/mol. The van der Waals surface area contributed by atoms with E-state index in [1.807, 2.05) is 66.7 Å². The summed E-state index contributed by atoms with van der Waals surface area (Å²) >= 11 is 0. The Kier molecular flexibility index (Phi) is 4.21. The molecule has 0 radical (unpaired) electrons. The largest absolute Gasteiger partial charge is 0.448 e. The van der Waals surface area contributed by atoms with E-state index in [2.05, 4.69) is 24.3 Å². The van der Waals surface area contributed by atoms with Crippen LogP contribution in [0.5, 0.6) is 0 Å². The van der Waals surface area contributed by atoms with E-state index in [1.165, 1.54) is 5.56 Å². The van der Waals surface area contributed by atoms with Gasteiger partial charge in [0.1, 0.15) is 6.61 Å². The van der Waals surface area contributed by atoms with Crippen LogP contribution in [0.4, 0.5) is 10.5 Å². The van der Waals surface area contributed by atoms with Crippen LogP contribution in [0, 0.1) is 0 Å². The molecule has 0 spiro atoms. The van der Waals surface area contributed by atoms with Gasteiger partial charge in [-0.2, -0.15) is 0 Å². The summed E-state index contributed by atoms with van der Waals surface area (Å²) in [5.41, 5.74) is 3.13. The molecular weight excluding hydrogens is 310 g/mol. The van der Waals surface area contributed by atoms with Crippen LogP contribution in [0.2, 0.25) is 0 Å². The SMILES string of the molecule is O=C1OC[C@H](c2ccccc2)[C@H](c2ccccc2)N1c1ccccc1. The van der Waals surface area contributed by atoms with Crippen molar-refractivity contribution in [1.29, 1.82) is 0 Å². The lowest BCUT2D eigenvalue weighted by Crippen LogP contribution is -2.45. The second-order valence-electron chi connectivity index (χ2n) is 6.16. The molecule has 3 aromatic carbocycles. The van der Waals surface area contributed by atoms with Gasteiger partial charge < -0.3 is 4.74 Å². The van der Waals surface area contributed by atoms with Crippen molar-refractivity contribution in [1.82, 2.24) is 0 Å². The number of cyclic esters (lactones) is 1. The Balaban J connectivity index is 1.84. The predicted molar refractivity (Wildman–Crippen MR) is 98.6 cm³/mol. The number of rotatable bonds is 3. The van der Waals surface area contributed by atoms with E-state index in [9.17, 15) is 4.79 Å². The van der Waals surface area contributed by atoms with Crippen molar-refractivity contribution in [3.05, 3.63) is 102 Å². The molecule has 0 aromatic heterocycles. The summed E-state index contributed by atoms with van der Waals surface area (Å²) in [7, 11) is 0. The maximum absolute atomic E-state index is 12.7. The van der Waals surface area contributed by atoms with Gasteiger partial charge in [0.05, 0.1) is 6.04 Å². The smallest absolute Gasteiger partial charge is 0.414 e. The van der Waals surface area contributed by atoms with Crippen molar-refractivity contribution in [3.8, 4) is 0 Å². The van der Waals surface area contributed by atoms with E-state index >= 15 is 0 Å². The Morgan fingerprint density at radius 3 is 1.84 bits per heavy atom. The number of hydrogen-bond acceptors (Lipinski definition) is 2. The van der Waals surface area contributed by atoms with Crippen LogP contribution in [0.15, 0.2) is 91.0 Å². The zero-order valence-electron chi connectivity index (χ0n) is 13.8. The molecule has 0 aliphatic carbocycles. The fraction of sp³-hybridized carbons (Fsp3) is 0.136. The van der Waals surface area contributed by atoms with Gasteiger partial charge in [-0.1, -0.05) is 78.9 Å². The fourth-order valence-corrected chi connectivity index (χ4v) is 3.48. The summed E-state index contributed by atoms with van der Waals surface area (Å²) in [5, 5.41) is 0. The Morgan fingerprint density at radius 2 is 1.24 bits per heavy atom. The minimum atomic E-state index is -0.299. The van der Waals surface area contributed by atoms with E-state index in [0.717, 1.165) is 11.3 Å². The second-order valence-corrected chi connectivity index (χ2v) is 6.16. The molecule has 1 heterocycles. The van der Waals surface area contributed by atoms with E-state index in [0.29, 0.717) is 6.61 Å². The molecule has 0 bridgehead atoms. The molecule has 0 unspecified atom stereocenters. The maximum Gasteiger partial charge on any atom is 0.414 e. The summed E-state index contributed by atoms with van der Waals surface area (Å²) in [6.07, 6.45) is -0.299. The molecule has 3 nitrogen and oxygen atoms in total. The van der Waals surface area contributed by atoms with Crippen LogP contribution in [-0.4, -0.2) is 12.7 Å². The van der Waals surface area contributed by atoms with E-state index < -0.39 is 0 Å². The normalized spacial score (nSPS) is 20.2. The molecule has 1 fully saturated rings. The highest BCUT2D eigenvalue weighted by Gasteiger charge is 2.39. The molecular formula is C22H19NO2. The van der Waals surface area contributed by atoms with Crippen molar-refractivity contribution in [3.63, 3.8) is 0 Å². The van der Waals surface area contributed by atoms with Crippen molar-refractivity contribution in [2.24, 2.45) is 0 Å². The molecule has 2 atom stereocenters. The number of anilines is 1. The molecule has 1 amide bonds. The predicted octanol–water partition coefficient (Wildman–Crippen LogP) is 5.17. The summed E-state index contributed by atoms with van der Waals surface area (Å²) in [6.45, 7) is 0.381. The number of para-hydroxylation sites is 1. The number of carbonyl (C=O) groups is 1. The van der Waals surface area contributed by atoms with Gasteiger partial charge in [-0.3, -0.25) is 4.90 Å². The lowest BCUT2D eigenvalue weighted by atomic mass is 9.85. The van der Waals surface area contributed by atoms with Crippen LogP contribution >= 0.6 is 0 Å². The third-order valence-electron chi connectivity index (χ3n) is 4.65. The van der Waals surface area contributed by atoms with E-state index in [4.69, 9.17) is 4.74 Å². The Bertz CT molecular complexity index is 834. The zero-order chi connectivity index (χ0) is 17.1. The average molecular weight is 329 g/mol. The zero-order valence-corrected chi connectivity index (χ0v) is 13.8. The first kappa shape index (κ1) is 15.5. The van der Waals surface area contributed by atoms with Crippen LogP contribution in [0.25, 0.3) is 0 Å². The van der Waals surface area contributed by atoms with Crippen LogP contribution < -0.4 is 4.90 Å². The van der Waals surface area contributed by atoms with Gasteiger partial charge >= 0.3 is 6.09 Å². The van der Waals surface area contributed by atoms with Crippen molar-refractivity contribution < 1.29 is 9.53 Å². The van der Waals surface area contributed by atoms with Gasteiger partial charge in [-0.15, -0.1) is 0 Å². The number of ether oxygens (including phenoxy) is 1. The lowest BCUT2D eigenvalue weighted by Gasteiger charge is -2.41. The maximum atomic E-state index is 12.7. The standard InChI is InChI=1S/C22H19NO2/c24-22-23(19-14-8-3-9-15-19)21(18-12-6-2-7-13-18)20(16-25-22)17-10-4-1-5-11-17/h1-15,20-21H,16H2/t20-,21+/m1/s1. The Labute approximate surface area is 147 Å². The first-order chi connectivity index (χ1) is 12.3. The Morgan fingerprint density at radius 1 is 0.720 bits per heavy atom. The fourth-order valence-electron chi connectivity index (χ4n) is 3.48. The van der Waals surface area contributed by atoms with Gasteiger partial charge in [-0.25, -0.2) is 4.79 Å². The third-order valence-corrected chi connectivity index (χ3v) is 4.65.